The molecule has 1 aromatic rings. The molecule has 0 radical (unpaired) electrons. The molecular weight excluding hydrogens is 300 g/mol. The van der Waals surface area contributed by atoms with Crippen LogP contribution in [-0.4, -0.2) is 36.3 Å². The molecule has 0 saturated carbocycles. The van der Waals surface area contributed by atoms with Gasteiger partial charge in [0.15, 0.2) is 0 Å². The monoisotopic (exact) mass is 330 g/mol. The van der Waals surface area contributed by atoms with Gasteiger partial charge in [0.1, 0.15) is 6.54 Å². The van der Waals surface area contributed by atoms with Crippen molar-refractivity contribution in [2.24, 2.45) is 5.92 Å². The maximum atomic E-state index is 12.7. The van der Waals surface area contributed by atoms with Crippen molar-refractivity contribution in [2.45, 2.75) is 52.9 Å². The van der Waals surface area contributed by atoms with E-state index in [-0.39, 0.29) is 18.4 Å². The third kappa shape index (κ3) is 5.36. The number of carbonyl (C=O) groups is 2. The molecular formula is C20H30N2O2. The highest BCUT2D eigenvalue weighted by Crippen LogP contribution is 2.19. The van der Waals surface area contributed by atoms with Crippen molar-refractivity contribution in [1.29, 1.82) is 0 Å². The molecule has 0 bridgehead atoms. The standard InChI is InChI=1S/C20H30N2O2/c1-16(2)7-12-19(23)22(18-10-8-17(3)9-11-18)15-20(24)21-13-5-4-6-14-21/h8-11,16H,4-7,12-15H2,1-3H3. The smallest absolute Gasteiger partial charge is 0.242 e. The summed E-state index contributed by atoms with van der Waals surface area (Å²) in [5.74, 6) is 0.581. The number of anilines is 1. The van der Waals surface area contributed by atoms with Crippen molar-refractivity contribution >= 4 is 17.5 Å². The second-order valence-electron chi connectivity index (χ2n) is 7.19. The van der Waals surface area contributed by atoms with Crippen molar-refractivity contribution in [3.63, 3.8) is 0 Å². The Labute approximate surface area is 145 Å². The highest BCUT2D eigenvalue weighted by atomic mass is 16.2. The molecule has 0 unspecified atom stereocenters. The minimum atomic E-state index is 0.0397. The maximum Gasteiger partial charge on any atom is 0.242 e. The molecule has 2 rings (SSSR count). The van der Waals surface area contributed by atoms with Crippen LogP contribution in [0.3, 0.4) is 0 Å². The molecule has 24 heavy (non-hydrogen) atoms. The second-order valence-corrected chi connectivity index (χ2v) is 7.19. The Morgan fingerprint density at radius 2 is 1.71 bits per heavy atom. The highest BCUT2D eigenvalue weighted by Gasteiger charge is 2.23. The van der Waals surface area contributed by atoms with Crippen molar-refractivity contribution in [3.05, 3.63) is 29.8 Å². The lowest BCUT2D eigenvalue weighted by atomic mass is 10.1. The number of hydrogen-bond acceptors (Lipinski definition) is 2. The number of nitrogens with zero attached hydrogens (tertiary/aromatic N) is 2. The van der Waals surface area contributed by atoms with Crippen LogP contribution in [0.1, 0.15) is 51.5 Å². The van der Waals surface area contributed by atoms with Gasteiger partial charge in [-0.2, -0.15) is 0 Å². The Morgan fingerprint density at radius 3 is 2.29 bits per heavy atom. The first-order valence-corrected chi connectivity index (χ1v) is 9.12. The fraction of sp³-hybridized carbons (Fsp3) is 0.600. The average molecular weight is 330 g/mol. The van der Waals surface area contributed by atoms with Gasteiger partial charge in [0.25, 0.3) is 0 Å². The Morgan fingerprint density at radius 1 is 1.08 bits per heavy atom. The molecule has 1 heterocycles. The molecule has 4 heteroatoms. The van der Waals surface area contributed by atoms with Crippen molar-refractivity contribution < 1.29 is 9.59 Å². The minimum Gasteiger partial charge on any atom is -0.341 e. The third-order valence-electron chi connectivity index (χ3n) is 4.58. The first-order chi connectivity index (χ1) is 11.5. The summed E-state index contributed by atoms with van der Waals surface area (Å²) in [4.78, 5) is 28.9. The van der Waals surface area contributed by atoms with E-state index in [2.05, 4.69) is 13.8 Å². The third-order valence-corrected chi connectivity index (χ3v) is 4.58. The van der Waals surface area contributed by atoms with Crippen LogP contribution in [0.2, 0.25) is 0 Å². The summed E-state index contributed by atoms with van der Waals surface area (Å²) in [6.07, 6.45) is 4.66. The molecule has 1 aromatic carbocycles. The van der Waals surface area contributed by atoms with Crippen LogP contribution in [0.4, 0.5) is 5.69 Å². The second kappa shape index (κ2) is 8.86. The van der Waals surface area contributed by atoms with Gasteiger partial charge in [0.05, 0.1) is 0 Å². The number of benzene rings is 1. The minimum absolute atomic E-state index is 0.0397. The van der Waals surface area contributed by atoms with Gasteiger partial charge in [-0.3, -0.25) is 9.59 Å². The number of piperidine rings is 1. The summed E-state index contributed by atoms with van der Waals surface area (Å²) >= 11 is 0. The topological polar surface area (TPSA) is 40.6 Å². The summed E-state index contributed by atoms with van der Waals surface area (Å²) in [5.41, 5.74) is 1.97. The van der Waals surface area contributed by atoms with Crippen LogP contribution in [0, 0.1) is 12.8 Å². The van der Waals surface area contributed by atoms with Crippen LogP contribution < -0.4 is 4.90 Å². The summed E-state index contributed by atoms with van der Waals surface area (Å²) in [6.45, 7) is 8.04. The predicted molar refractivity (Wildman–Crippen MR) is 98.0 cm³/mol. The largest absolute Gasteiger partial charge is 0.341 e. The molecule has 132 valence electrons. The first-order valence-electron chi connectivity index (χ1n) is 9.12. The number of amides is 2. The van der Waals surface area contributed by atoms with E-state index in [0.29, 0.717) is 12.3 Å². The molecule has 1 saturated heterocycles. The summed E-state index contributed by atoms with van der Waals surface area (Å²) in [5, 5.41) is 0. The van der Waals surface area contributed by atoms with Crippen LogP contribution in [0.25, 0.3) is 0 Å². The zero-order valence-electron chi connectivity index (χ0n) is 15.3. The quantitative estimate of drug-likeness (QED) is 0.796. The van der Waals surface area contributed by atoms with Gasteiger partial charge < -0.3 is 9.80 Å². The predicted octanol–water partition coefficient (Wildman–Crippen LogP) is 3.78. The molecule has 0 atom stereocenters. The van der Waals surface area contributed by atoms with E-state index in [1.807, 2.05) is 36.1 Å². The zero-order chi connectivity index (χ0) is 17.5. The van der Waals surface area contributed by atoms with Gasteiger partial charge in [-0.15, -0.1) is 0 Å². The van der Waals surface area contributed by atoms with E-state index in [4.69, 9.17) is 0 Å². The molecule has 2 amide bonds. The van der Waals surface area contributed by atoms with Crippen LogP contribution in [0.15, 0.2) is 24.3 Å². The van der Waals surface area contributed by atoms with Gasteiger partial charge in [-0.1, -0.05) is 31.5 Å². The van der Waals surface area contributed by atoms with Gasteiger partial charge >= 0.3 is 0 Å². The molecule has 1 aliphatic heterocycles. The zero-order valence-corrected chi connectivity index (χ0v) is 15.3. The fourth-order valence-corrected chi connectivity index (χ4v) is 2.97. The Hall–Kier alpha value is -1.84. The molecule has 1 fully saturated rings. The van der Waals surface area contributed by atoms with E-state index in [0.717, 1.165) is 43.6 Å². The molecule has 4 nitrogen and oxygen atoms in total. The van der Waals surface area contributed by atoms with E-state index < -0.39 is 0 Å². The molecule has 0 aromatic heterocycles. The summed E-state index contributed by atoms with van der Waals surface area (Å²) < 4.78 is 0. The van der Waals surface area contributed by atoms with Crippen LogP contribution in [-0.2, 0) is 9.59 Å². The summed E-state index contributed by atoms with van der Waals surface area (Å²) in [7, 11) is 0. The number of likely N-dealkylation sites (tertiary alicyclic amines) is 1. The lowest BCUT2D eigenvalue weighted by Gasteiger charge is -2.30. The fourth-order valence-electron chi connectivity index (χ4n) is 2.97. The first kappa shape index (κ1) is 18.5. The highest BCUT2D eigenvalue weighted by molar-refractivity contribution is 5.98. The number of rotatable bonds is 6. The van der Waals surface area contributed by atoms with Crippen molar-refractivity contribution in [2.75, 3.05) is 24.5 Å². The number of carbonyl (C=O) groups excluding carboxylic acids is 2. The van der Waals surface area contributed by atoms with Gasteiger partial charge in [-0.25, -0.2) is 0 Å². The van der Waals surface area contributed by atoms with Gasteiger partial charge in [0.2, 0.25) is 11.8 Å². The Bertz CT molecular complexity index is 545. The summed E-state index contributed by atoms with van der Waals surface area (Å²) in [6, 6.07) is 7.85. The van der Waals surface area contributed by atoms with E-state index >= 15 is 0 Å². The van der Waals surface area contributed by atoms with Crippen molar-refractivity contribution in [1.82, 2.24) is 4.90 Å². The van der Waals surface area contributed by atoms with Crippen LogP contribution >= 0.6 is 0 Å². The Kier molecular flexibility index (Phi) is 6.83. The molecule has 0 aliphatic carbocycles. The van der Waals surface area contributed by atoms with Gasteiger partial charge in [0, 0.05) is 25.2 Å². The van der Waals surface area contributed by atoms with Crippen LogP contribution in [0.5, 0.6) is 0 Å². The lowest BCUT2D eigenvalue weighted by Crippen LogP contribution is -2.45. The lowest BCUT2D eigenvalue weighted by molar-refractivity contribution is -0.132. The van der Waals surface area contributed by atoms with E-state index in [1.54, 1.807) is 4.90 Å². The maximum absolute atomic E-state index is 12.7. The van der Waals surface area contributed by atoms with E-state index in [1.165, 1.54) is 6.42 Å². The van der Waals surface area contributed by atoms with Gasteiger partial charge in [-0.05, 0) is 50.7 Å². The average Bonchev–Trinajstić information content (AvgIpc) is 2.59. The molecule has 0 spiro atoms. The number of hydrogen-bond donors (Lipinski definition) is 0. The Balaban J connectivity index is 2.10. The van der Waals surface area contributed by atoms with Crippen molar-refractivity contribution in [3.8, 4) is 0 Å². The normalized spacial score (nSPS) is 14.8. The molecule has 1 aliphatic rings. The molecule has 0 N–H and O–H groups in total. The van der Waals surface area contributed by atoms with E-state index in [9.17, 15) is 9.59 Å². The SMILES string of the molecule is Cc1ccc(N(CC(=O)N2CCCCC2)C(=O)CCC(C)C)cc1. The number of aryl methyl sites for hydroxylation is 1.